The molecule has 0 bridgehead atoms. The molecule has 2 saturated heterocycles. The minimum atomic E-state index is 0.185. The van der Waals surface area contributed by atoms with Crippen LogP contribution in [0.2, 0.25) is 0 Å². The summed E-state index contributed by atoms with van der Waals surface area (Å²) in [6.07, 6.45) is 5.11. The van der Waals surface area contributed by atoms with Crippen LogP contribution in [0.25, 0.3) is 0 Å². The van der Waals surface area contributed by atoms with Crippen molar-refractivity contribution in [2.45, 2.75) is 57.2 Å². The highest BCUT2D eigenvalue weighted by Gasteiger charge is 2.42. The van der Waals surface area contributed by atoms with Crippen LogP contribution in [0.1, 0.15) is 39.5 Å². The zero-order chi connectivity index (χ0) is 14.8. The number of nitrogens with zero attached hydrogens (tertiary/aromatic N) is 2. The Hall–Kier alpha value is -0.160. The van der Waals surface area contributed by atoms with E-state index >= 15 is 0 Å². The zero-order valence-electron chi connectivity index (χ0n) is 13.8. The molecule has 0 aliphatic carbocycles. The summed E-state index contributed by atoms with van der Waals surface area (Å²) in [6.45, 7) is 8.53. The molecule has 4 nitrogen and oxygen atoms in total. The highest BCUT2D eigenvalue weighted by atomic mass is 16.5. The van der Waals surface area contributed by atoms with Crippen molar-refractivity contribution < 1.29 is 4.74 Å². The molecule has 0 aromatic heterocycles. The molecule has 2 fully saturated rings. The SMILES string of the molecule is CC(C)C1CC(CN)(N2CCC(N(C)C)CC2)CCO1. The van der Waals surface area contributed by atoms with E-state index in [4.69, 9.17) is 10.5 Å². The van der Waals surface area contributed by atoms with E-state index in [-0.39, 0.29) is 5.54 Å². The number of piperidine rings is 1. The first-order valence-electron chi connectivity index (χ1n) is 8.21. The van der Waals surface area contributed by atoms with Gasteiger partial charge in [-0.1, -0.05) is 13.8 Å². The monoisotopic (exact) mass is 283 g/mol. The summed E-state index contributed by atoms with van der Waals surface area (Å²) < 4.78 is 5.96. The van der Waals surface area contributed by atoms with Gasteiger partial charge < -0.3 is 15.4 Å². The Bertz CT molecular complexity index is 300. The maximum absolute atomic E-state index is 6.22. The molecule has 2 rings (SSSR count). The van der Waals surface area contributed by atoms with Gasteiger partial charge in [-0.05, 0) is 45.7 Å². The molecule has 0 saturated carbocycles. The minimum Gasteiger partial charge on any atom is -0.378 e. The highest BCUT2D eigenvalue weighted by molar-refractivity contribution is 4.99. The third-order valence-electron chi connectivity index (χ3n) is 5.47. The first-order valence-corrected chi connectivity index (χ1v) is 8.21. The maximum Gasteiger partial charge on any atom is 0.0616 e. The third kappa shape index (κ3) is 3.35. The number of rotatable bonds is 4. The largest absolute Gasteiger partial charge is 0.378 e. The molecule has 0 amide bonds. The van der Waals surface area contributed by atoms with Gasteiger partial charge in [0.15, 0.2) is 0 Å². The smallest absolute Gasteiger partial charge is 0.0616 e. The Morgan fingerprint density at radius 3 is 2.45 bits per heavy atom. The van der Waals surface area contributed by atoms with E-state index in [1.54, 1.807) is 0 Å². The summed E-state index contributed by atoms with van der Waals surface area (Å²) >= 11 is 0. The zero-order valence-corrected chi connectivity index (χ0v) is 13.8. The van der Waals surface area contributed by atoms with E-state index in [9.17, 15) is 0 Å². The average molecular weight is 283 g/mol. The van der Waals surface area contributed by atoms with Gasteiger partial charge in [-0.25, -0.2) is 0 Å². The Kier molecular flexibility index (Phi) is 5.46. The van der Waals surface area contributed by atoms with Crippen molar-refractivity contribution in [1.29, 1.82) is 0 Å². The summed E-state index contributed by atoms with van der Waals surface area (Å²) in [5.74, 6) is 0.584. The van der Waals surface area contributed by atoms with Crippen LogP contribution in [0.3, 0.4) is 0 Å². The number of hydrogen-bond donors (Lipinski definition) is 1. The highest BCUT2D eigenvalue weighted by Crippen LogP contribution is 2.35. The van der Waals surface area contributed by atoms with Crippen LogP contribution < -0.4 is 5.73 Å². The summed E-state index contributed by atoms with van der Waals surface area (Å²) in [5, 5.41) is 0. The van der Waals surface area contributed by atoms with Crippen molar-refractivity contribution in [2.24, 2.45) is 11.7 Å². The van der Waals surface area contributed by atoms with Gasteiger partial charge in [-0.3, -0.25) is 4.90 Å². The van der Waals surface area contributed by atoms with Crippen molar-refractivity contribution >= 4 is 0 Å². The standard InChI is InChI=1S/C16H33N3O/c1-13(2)15-11-16(12-17,7-10-20-15)19-8-5-14(6-9-19)18(3)4/h13-15H,5-12,17H2,1-4H3. The second-order valence-electron chi connectivity index (χ2n) is 7.22. The summed E-state index contributed by atoms with van der Waals surface area (Å²) in [7, 11) is 4.39. The molecule has 2 aliphatic heterocycles. The van der Waals surface area contributed by atoms with E-state index in [0.29, 0.717) is 12.0 Å². The lowest BCUT2D eigenvalue weighted by Crippen LogP contribution is -2.61. The lowest BCUT2D eigenvalue weighted by atomic mass is 9.80. The van der Waals surface area contributed by atoms with E-state index in [2.05, 4.69) is 37.7 Å². The van der Waals surface area contributed by atoms with Crippen molar-refractivity contribution in [3.63, 3.8) is 0 Å². The van der Waals surface area contributed by atoms with Crippen LogP contribution in [-0.4, -0.2) is 67.8 Å². The first kappa shape index (κ1) is 16.2. The number of nitrogens with two attached hydrogens (primary N) is 1. The quantitative estimate of drug-likeness (QED) is 0.850. The summed E-state index contributed by atoms with van der Waals surface area (Å²) in [6, 6.07) is 0.738. The van der Waals surface area contributed by atoms with Crippen LogP contribution >= 0.6 is 0 Å². The maximum atomic E-state index is 6.22. The van der Waals surface area contributed by atoms with Crippen LogP contribution in [0.15, 0.2) is 0 Å². The molecule has 0 spiro atoms. The van der Waals surface area contributed by atoms with Crippen LogP contribution in [0.4, 0.5) is 0 Å². The van der Waals surface area contributed by atoms with Gasteiger partial charge in [0.05, 0.1) is 6.10 Å². The van der Waals surface area contributed by atoms with Gasteiger partial charge >= 0.3 is 0 Å². The van der Waals surface area contributed by atoms with Crippen molar-refractivity contribution in [3.05, 3.63) is 0 Å². The Morgan fingerprint density at radius 2 is 1.95 bits per heavy atom. The van der Waals surface area contributed by atoms with Gasteiger partial charge in [-0.15, -0.1) is 0 Å². The molecule has 2 N–H and O–H groups in total. The molecule has 2 aliphatic rings. The molecule has 2 unspecified atom stereocenters. The average Bonchev–Trinajstić information content (AvgIpc) is 2.47. The lowest BCUT2D eigenvalue weighted by Gasteiger charge is -2.51. The second kappa shape index (κ2) is 6.73. The topological polar surface area (TPSA) is 41.7 Å². The van der Waals surface area contributed by atoms with Crippen molar-refractivity contribution in [1.82, 2.24) is 9.80 Å². The minimum absolute atomic E-state index is 0.185. The van der Waals surface area contributed by atoms with Crippen LogP contribution in [-0.2, 0) is 4.74 Å². The van der Waals surface area contributed by atoms with E-state index < -0.39 is 0 Å². The first-order chi connectivity index (χ1) is 9.48. The van der Waals surface area contributed by atoms with E-state index in [1.807, 2.05) is 0 Å². The fourth-order valence-corrected chi connectivity index (χ4v) is 3.82. The molecule has 0 radical (unpaired) electrons. The molecule has 2 heterocycles. The van der Waals surface area contributed by atoms with Crippen molar-refractivity contribution in [2.75, 3.05) is 40.3 Å². The van der Waals surface area contributed by atoms with Gasteiger partial charge in [0.25, 0.3) is 0 Å². The van der Waals surface area contributed by atoms with Crippen LogP contribution in [0, 0.1) is 5.92 Å². The molecule has 20 heavy (non-hydrogen) atoms. The Balaban J connectivity index is 2.00. The van der Waals surface area contributed by atoms with Gasteiger partial charge in [-0.2, -0.15) is 0 Å². The molecule has 4 heteroatoms. The summed E-state index contributed by atoms with van der Waals surface area (Å²) in [4.78, 5) is 5.04. The molecular formula is C16H33N3O. The Morgan fingerprint density at radius 1 is 1.30 bits per heavy atom. The van der Waals surface area contributed by atoms with Crippen molar-refractivity contribution in [3.8, 4) is 0 Å². The number of hydrogen-bond acceptors (Lipinski definition) is 4. The fraction of sp³-hybridized carbons (Fsp3) is 1.00. The second-order valence-corrected chi connectivity index (χ2v) is 7.22. The predicted molar refractivity (Wildman–Crippen MR) is 83.9 cm³/mol. The molecule has 0 aromatic carbocycles. The molecule has 0 aromatic rings. The molecule has 2 atom stereocenters. The number of ether oxygens (including phenoxy) is 1. The van der Waals surface area contributed by atoms with E-state index in [0.717, 1.165) is 32.0 Å². The normalized spacial score (nSPS) is 34.0. The van der Waals surface area contributed by atoms with Crippen LogP contribution in [0.5, 0.6) is 0 Å². The lowest BCUT2D eigenvalue weighted by molar-refractivity contribution is -0.0946. The number of likely N-dealkylation sites (tertiary alicyclic amines) is 1. The van der Waals surface area contributed by atoms with Gasteiger partial charge in [0, 0.05) is 37.8 Å². The predicted octanol–water partition coefficient (Wildman–Crippen LogP) is 1.54. The van der Waals surface area contributed by atoms with Gasteiger partial charge in [0.1, 0.15) is 0 Å². The molecule has 118 valence electrons. The van der Waals surface area contributed by atoms with E-state index in [1.165, 1.54) is 25.9 Å². The summed E-state index contributed by atoms with van der Waals surface area (Å²) in [5.41, 5.74) is 6.40. The fourth-order valence-electron chi connectivity index (χ4n) is 3.82. The third-order valence-corrected chi connectivity index (χ3v) is 5.47. The van der Waals surface area contributed by atoms with Gasteiger partial charge in [0.2, 0.25) is 0 Å². The molecular weight excluding hydrogens is 250 g/mol. The Labute approximate surface area is 124 Å².